The Morgan fingerprint density at radius 2 is 2.31 bits per heavy atom. The Hall–Kier alpha value is -1.29. The van der Waals surface area contributed by atoms with E-state index in [9.17, 15) is 4.79 Å². The second kappa shape index (κ2) is 2.88. The van der Waals surface area contributed by atoms with Crippen LogP contribution in [-0.4, -0.2) is 13.7 Å². The second-order valence-electron chi connectivity index (χ2n) is 2.95. The molecule has 1 aliphatic heterocycles. The van der Waals surface area contributed by atoms with E-state index in [0.29, 0.717) is 18.1 Å². The van der Waals surface area contributed by atoms with Gasteiger partial charge in [-0.2, -0.15) is 0 Å². The molecule has 1 saturated heterocycles. The average molecular weight is 182 g/mol. The quantitative estimate of drug-likeness (QED) is 0.641. The van der Waals surface area contributed by atoms with Gasteiger partial charge in [-0.25, -0.2) is 4.79 Å². The maximum absolute atomic E-state index is 11.1. The highest BCUT2D eigenvalue weighted by Crippen LogP contribution is 2.34. The number of hydrogen-bond donors (Lipinski definition) is 0. The fraction of sp³-hybridized carbons (Fsp3) is 0.444. The Kier molecular flexibility index (Phi) is 1.84. The van der Waals surface area contributed by atoms with Gasteiger partial charge in [-0.3, -0.25) is 0 Å². The first-order chi connectivity index (χ1) is 6.22. The van der Waals surface area contributed by atoms with E-state index in [-0.39, 0.29) is 6.10 Å². The summed E-state index contributed by atoms with van der Waals surface area (Å²) in [6, 6.07) is 1.33. The molecular formula is C9H10O4. The monoisotopic (exact) mass is 182 g/mol. The van der Waals surface area contributed by atoms with Crippen LogP contribution in [0.3, 0.4) is 0 Å². The van der Waals surface area contributed by atoms with Crippen molar-refractivity contribution in [1.82, 2.24) is 0 Å². The van der Waals surface area contributed by atoms with Crippen molar-refractivity contribution < 1.29 is 13.9 Å². The normalized spacial score (nSPS) is 20.0. The van der Waals surface area contributed by atoms with E-state index in [0.717, 1.165) is 5.56 Å². The molecule has 2 heterocycles. The molecule has 0 N–H and O–H groups in total. The van der Waals surface area contributed by atoms with Gasteiger partial charge in [0.1, 0.15) is 17.6 Å². The fourth-order valence-corrected chi connectivity index (χ4v) is 1.27. The summed E-state index contributed by atoms with van der Waals surface area (Å²) in [6.07, 6.45) is -0.0530. The summed E-state index contributed by atoms with van der Waals surface area (Å²) in [6.45, 7) is 2.47. The van der Waals surface area contributed by atoms with Gasteiger partial charge in [-0.1, -0.05) is 0 Å². The highest BCUT2D eigenvalue weighted by Gasteiger charge is 2.30. The van der Waals surface area contributed by atoms with E-state index in [2.05, 4.69) is 0 Å². The predicted molar refractivity (Wildman–Crippen MR) is 45.0 cm³/mol. The van der Waals surface area contributed by atoms with Crippen molar-refractivity contribution in [2.75, 3.05) is 13.7 Å². The van der Waals surface area contributed by atoms with Gasteiger partial charge in [0.2, 0.25) is 0 Å². The van der Waals surface area contributed by atoms with Gasteiger partial charge in [0.05, 0.1) is 19.8 Å². The minimum atomic E-state index is -0.395. The van der Waals surface area contributed by atoms with Gasteiger partial charge in [-0.15, -0.1) is 0 Å². The molecule has 1 atom stereocenters. The third kappa shape index (κ3) is 1.45. The molecule has 13 heavy (non-hydrogen) atoms. The van der Waals surface area contributed by atoms with Crippen molar-refractivity contribution in [3.05, 3.63) is 27.8 Å². The first-order valence-corrected chi connectivity index (χ1v) is 4.02. The predicted octanol–water partition coefficient (Wildman–Crippen LogP) is 1.03. The maximum atomic E-state index is 11.1. The zero-order chi connectivity index (χ0) is 9.42. The summed E-state index contributed by atoms with van der Waals surface area (Å²) in [5.41, 5.74) is 0.442. The van der Waals surface area contributed by atoms with Gasteiger partial charge >= 0.3 is 5.63 Å². The summed E-state index contributed by atoms with van der Waals surface area (Å²) in [5.74, 6) is 1.14. The lowest BCUT2D eigenvalue weighted by Gasteiger charge is -2.05. The van der Waals surface area contributed by atoms with Crippen LogP contribution in [0, 0.1) is 6.92 Å². The Labute approximate surface area is 75.1 Å². The maximum Gasteiger partial charge on any atom is 0.339 e. The van der Waals surface area contributed by atoms with Crippen molar-refractivity contribution in [3.8, 4) is 5.75 Å². The Balaban J connectivity index is 2.54. The number of ether oxygens (including phenoxy) is 2. The lowest BCUT2D eigenvalue weighted by Crippen LogP contribution is -2.04. The van der Waals surface area contributed by atoms with Crippen LogP contribution >= 0.6 is 0 Å². The molecule has 70 valence electrons. The first-order valence-electron chi connectivity index (χ1n) is 4.02. The molecular weight excluding hydrogens is 172 g/mol. The molecule has 0 radical (unpaired) electrons. The minimum absolute atomic E-state index is 0.0530. The van der Waals surface area contributed by atoms with Crippen LogP contribution in [0.15, 0.2) is 15.3 Å². The average Bonchev–Trinajstić information content (AvgIpc) is 2.91. The molecule has 1 aromatic rings. The highest BCUT2D eigenvalue weighted by atomic mass is 16.6. The smallest absolute Gasteiger partial charge is 0.339 e. The van der Waals surface area contributed by atoms with E-state index in [1.165, 1.54) is 13.2 Å². The van der Waals surface area contributed by atoms with Crippen molar-refractivity contribution in [2.45, 2.75) is 13.0 Å². The largest absolute Gasteiger partial charge is 0.496 e. The van der Waals surface area contributed by atoms with Gasteiger partial charge in [0.25, 0.3) is 0 Å². The van der Waals surface area contributed by atoms with Crippen LogP contribution in [0.25, 0.3) is 0 Å². The lowest BCUT2D eigenvalue weighted by atomic mass is 10.2. The molecule has 0 saturated carbocycles. The SMILES string of the molecule is COc1cc(=O)oc(C2CO2)c1C. The van der Waals surface area contributed by atoms with Gasteiger partial charge < -0.3 is 13.9 Å². The zero-order valence-electron chi connectivity index (χ0n) is 7.49. The van der Waals surface area contributed by atoms with E-state index >= 15 is 0 Å². The number of hydrogen-bond acceptors (Lipinski definition) is 4. The summed E-state index contributed by atoms with van der Waals surface area (Å²) in [7, 11) is 1.53. The third-order valence-electron chi connectivity index (χ3n) is 2.04. The number of epoxide rings is 1. The Morgan fingerprint density at radius 1 is 1.62 bits per heavy atom. The Bertz CT molecular complexity index is 376. The lowest BCUT2D eigenvalue weighted by molar-refractivity contribution is 0.340. The molecule has 1 fully saturated rings. The van der Waals surface area contributed by atoms with Crippen LogP contribution < -0.4 is 10.4 Å². The van der Waals surface area contributed by atoms with Gasteiger partial charge in [-0.05, 0) is 6.92 Å². The topological polar surface area (TPSA) is 52.0 Å². The molecule has 0 amide bonds. The molecule has 1 aromatic heterocycles. The van der Waals surface area contributed by atoms with Crippen LogP contribution in [0.2, 0.25) is 0 Å². The van der Waals surface area contributed by atoms with Crippen LogP contribution in [-0.2, 0) is 4.74 Å². The molecule has 0 aliphatic carbocycles. The van der Waals surface area contributed by atoms with Crippen LogP contribution in [0.5, 0.6) is 5.75 Å². The fourth-order valence-electron chi connectivity index (χ4n) is 1.27. The van der Waals surface area contributed by atoms with Crippen molar-refractivity contribution in [3.63, 3.8) is 0 Å². The van der Waals surface area contributed by atoms with Crippen molar-refractivity contribution >= 4 is 0 Å². The molecule has 2 rings (SSSR count). The van der Waals surface area contributed by atoms with Crippen LogP contribution in [0.1, 0.15) is 17.4 Å². The summed E-state index contributed by atoms with van der Waals surface area (Å²) >= 11 is 0. The van der Waals surface area contributed by atoms with E-state index in [4.69, 9.17) is 13.9 Å². The number of rotatable bonds is 2. The highest BCUT2D eigenvalue weighted by molar-refractivity contribution is 5.34. The van der Waals surface area contributed by atoms with E-state index < -0.39 is 5.63 Å². The van der Waals surface area contributed by atoms with Crippen molar-refractivity contribution in [1.29, 1.82) is 0 Å². The van der Waals surface area contributed by atoms with Crippen LogP contribution in [0.4, 0.5) is 0 Å². The zero-order valence-corrected chi connectivity index (χ0v) is 7.49. The van der Waals surface area contributed by atoms with E-state index in [1.807, 2.05) is 6.92 Å². The Morgan fingerprint density at radius 3 is 2.85 bits per heavy atom. The standard InChI is InChI=1S/C9H10O4/c1-5-6(11-2)3-8(10)13-9(5)7-4-12-7/h3,7H,4H2,1-2H3. The molecule has 4 heteroatoms. The summed E-state index contributed by atoms with van der Waals surface area (Å²) in [4.78, 5) is 11.1. The van der Waals surface area contributed by atoms with Gasteiger partial charge in [0, 0.05) is 5.56 Å². The molecule has 0 aromatic carbocycles. The third-order valence-corrected chi connectivity index (χ3v) is 2.04. The molecule has 0 spiro atoms. The summed E-state index contributed by atoms with van der Waals surface area (Å²) < 4.78 is 15.1. The first kappa shape index (κ1) is 8.31. The molecule has 1 unspecified atom stereocenters. The van der Waals surface area contributed by atoms with Gasteiger partial charge in [0.15, 0.2) is 0 Å². The molecule has 1 aliphatic rings. The summed E-state index contributed by atoms with van der Waals surface area (Å²) in [5, 5.41) is 0. The van der Waals surface area contributed by atoms with E-state index in [1.54, 1.807) is 0 Å². The van der Waals surface area contributed by atoms with Crippen molar-refractivity contribution in [2.24, 2.45) is 0 Å². The minimum Gasteiger partial charge on any atom is -0.496 e. The molecule has 0 bridgehead atoms. The number of methoxy groups -OCH3 is 1. The second-order valence-corrected chi connectivity index (χ2v) is 2.95. The molecule has 4 nitrogen and oxygen atoms in total.